The molecule has 2 aromatic heterocycles. The van der Waals surface area contributed by atoms with Gasteiger partial charge in [-0.25, -0.2) is 4.98 Å². The molecule has 0 spiro atoms. The summed E-state index contributed by atoms with van der Waals surface area (Å²) in [5.74, 6) is 0.408. The van der Waals surface area contributed by atoms with E-state index in [9.17, 15) is 14.9 Å². The van der Waals surface area contributed by atoms with Gasteiger partial charge in [0.05, 0.1) is 16.4 Å². The average molecular weight is 515 g/mol. The maximum Gasteiger partial charge on any atom is 0.269 e. The van der Waals surface area contributed by atoms with Crippen molar-refractivity contribution in [3.05, 3.63) is 100 Å². The van der Waals surface area contributed by atoms with E-state index in [-0.39, 0.29) is 17.3 Å². The summed E-state index contributed by atoms with van der Waals surface area (Å²) in [5.41, 5.74) is 3.27. The molecule has 5 rings (SSSR count). The molecule has 5 aromatic rings. The Hall–Kier alpha value is -4.35. The van der Waals surface area contributed by atoms with Gasteiger partial charge in [-0.2, -0.15) is 0 Å². The summed E-state index contributed by atoms with van der Waals surface area (Å²) in [7, 11) is 0. The largest absolute Gasteiger partial charge is 0.301 e. The molecule has 0 radical (unpaired) electrons. The Balaban J connectivity index is 1.34. The number of carbonyl (C=O) groups is 1. The predicted molar refractivity (Wildman–Crippen MR) is 140 cm³/mol. The number of carbonyl (C=O) groups excluding carboxylic acids is 1. The fourth-order valence-electron chi connectivity index (χ4n) is 3.45. The van der Waals surface area contributed by atoms with E-state index < -0.39 is 4.92 Å². The van der Waals surface area contributed by atoms with Gasteiger partial charge in [-0.1, -0.05) is 60.3 Å². The smallest absolute Gasteiger partial charge is 0.269 e. The Morgan fingerprint density at radius 3 is 2.33 bits per heavy atom. The molecular formula is C25H18N6O3S2. The van der Waals surface area contributed by atoms with Crippen LogP contribution in [0.4, 0.5) is 10.8 Å². The minimum Gasteiger partial charge on any atom is -0.301 e. The van der Waals surface area contributed by atoms with Crippen LogP contribution < -0.4 is 5.32 Å². The van der Waals surface area contributed by atoms with Crippen molar-refractivity contribution in [2.24, 2.45) is 0 Å². The Bertz CT molecular complexity index is 1500. The number of nitro groups is 1. The standard InChI is InChI=1S/C25H18N6O3S2/c32-22(27-24-26-21(15-35-24)17-7-3-1-4-8-17)16-36-25-29-28-23(30(25)19-9-5-2-6-10-19)18-11-13-20(14-12-18)31(33)34/h1-15H,16H2,(H,26,27,32). The summed E-state index contributed by atoms with van der Waals surface area (Å²) in [5, 5.41) is 25.4. The highest BCUT2D eigenvalue weighted by molar-refractivity contribution is 7.99. The Kier molecular flexibility index (Phi) is 6.83. The van der Waals surface area contributed by atoms with Crippen LogP contribution in [-0.4, -0.2) is 36.3 Å². The van der Waals surface area contributed by atoms with Crippen molar-refractivity contribution < 1.29 is 9.72 Å². The second-order valence-corrected chi connectivity index (χ2v) is 9.32. The molecule has 0 aliphatic carbocycles. The molecule has 11 heteroatoms. The van der Waals surface area contributed by atoms with Crippen molar-refractivity contribution >= 4 is 39.8 Å². The first-order valence-corrected chi connectivity index (χ1v) is 12.6. The highest BCUT2D eigenvalue weighted by atomic mass is 32.2. The number of anilines is 1. The zero-order chi connectivity index (χ0) is 24.9. The van der Waals surface area contributed by atoms with Crippen molar-refractivity contribution in [2.75, 3.05) is 11.1 Å². The normalized spacial score (nSPS) is 10.8. The van der Waals surface area contributed by atoms with Gasteiger partial charge in [0.2, 0.25) is 5.91 Å². The van der Waals surface area contributed by atoms with Gasteiger partial charge in [0.1, 0.15) is 0 Å². The lowest BCUT2D eigenvalue weighted by Crippen LogP contribution is -2.14. The van der Waals surface area contributed by atoms with Crippen LogP contribution in [0.3, 0.4) is 0 Å². The molecule has 3 aromatic carbocycles. The SMILES string of the molecule is O=C(CSc1nnc(-c2ccc([N+](=O)[O-])cc2)n1-c1ccccc1)Nc1nc(-c2ccccc2)cs1. The lowest BCUT2D eigenvalue weighted by molar-refractivity contribution is -0.384. The fourth-order valence-corrected chi connectivity index (χ4v) is 4.94. The molecule has 0 saturated heterocycles. The van der Waals surface area contributed by atoms with E-state index in [1.165, 1.54) is 35.2 Å². The van der Waals surface area contributed by atoms with E-state index in [2.05, 4.69) is 20.5 Å². The van der Waals surface area contributed by atoms with Crippen LogP contribution in [-0.2, 0) is 4.79 Å². The number of thiazole rings is 1. The molecular weight excluding hydrogens is 496 g/mol. The molecule has 0 atom stereocenters. The monoisotopic (exact) mass is 514 g/mol. The van der Waals surface area contributed by atoms with Gasteiger partial charge in [0.15, 0.2) is 16.1 Å². The number of non-ortho nitro benzene ring substituents is 1. The zero-order valence-corrected chi connectivity index (χ0v) is 20.3. The van der Waals surface area contributed by atoms with Crippen molar-refractivity contribution in [2.45, 2.75) is 5.16 Å². The highest BCUT2D eigenvalue weighted by Gasteiger charge is 2.18. The van der Waals surface area contributed by atoms with Crippen molar-refractivity contribution in [3.8, 4) is 28.3 Å². The number of thioether (sulfide) groups is 1. The van der Waals surface area contributed by atoms with E-state index in [1.807, 2.05) is 70.6 Å². The Labute approximate surface area is 214 Å². The molecule has 0 fully saturated rings. The van der Waals surface area contributed by atoms with E-state index in [0.29, 0.717) is 21.7 Å². The second-order valence-electron chi connectivity index (χ2n) is 7.52. The quantitative estimate of drug-likeness (QED) is 0.160. The molecule has 1 N–H and O–H groups in total. The summed E-state index contributed by atoms with van der Waals surface area (Å²) in [6.45, 7) is 0. The minimum atomic E-state index is -0.448. The van der Waals surface area contributed by atoms with Gasteiger partial charge in [-0.15, -0.1) is 21.5 Å². The number of amides is 1. The second kappa shape index (κ2) is 10.5. The number of hydrogen-bond acceptors (Lipinski definition) is 8. The lowest BCUT2D eigenvalue weighted by Gasteiger charge is -2.10. The summed E-state index contributed by atoms with van der Waals surface area (Å²) < 4.78 is 1.83. The average Bonchev–Trinajstić information content (AvgIpc) is 3.56. The van der Waals surface area contributed by atoms with Crippen molar-refractivity contribution in [1.82, 2.24) is 19.7 Å². The molecule has 0 bridgehead atoms. The molecule has 36 heavy (non-hydrogen) atoms. The van der Waals surface area contributed by atoms with Crippen LogP contribution in [0.25, 0.3) is 28.3 Å². The molecule has 0 aliphatic heterocycles. The third-order valence-electron chi connectivity index (χ3n) is 5.14. The topological polar surface area (TPSA) is 116 Å². The first-order valence-electron chi connectivity index (χ1n) is 10.8. The Morgan fingerprint density at radius 1 is 0.944 bits per heavy atom. The van der Waals surface area contributed by atoms with Crippen LogP contribution >= 0.6 is 23.1 Å². The summed E-state index contributed by atoms with van der Waals surface area (Å²) >= 11 is 2.61. The van der Waals surface area contributed by atoms with Gasteiger partial charge < -0.3 is 5.32 Å². The molecule has 178 valence electrons. The summed E-state index contributed by atoms with van der Waals surface area (Å²) in [4.78, 5) is 27.7. The maximum atomic E-state index is 12.7. The number of rotatable bonds is 8. The molecule has 0 aliphatic rings. The van der Waals surface area contributed by atoms with Gasteiger partial charge in [-0.3, -0.25) is 19.5 Å². The predicted octanol–water partition coefficient (Wildman–Crippen LogP) is 5.70. The van der Waals surface area contributed by atoms with Crippen LogP contribution in [0, 0.1) is 10.1 Å². The van der Waals surface area contributed by atoms with E-state index in [4.69, 9.17) is 0 Å². The van der Waals surface area contributed by atoms with Crippen LogP contribution in [0.1, 0.15) is 0 Å². The third-order valence-corrected chi connectivity index (χ3v) is 6.82. The van der Waals surface area contributed by atoms with Gasteiger partial charge in [0, 0.05) is 34.3 Å². The highest BCUT2D eigenvalue weighted by Crippen LogP contribution is 2.29. The first-order chi connectivity index (χ1) is 17.6. The van der Waals surface area contributed by atoms with Crippen LogP contribution in [0.15, 0.2) is 95.5 Å². The lowest BCUT2D eigenvalue weighted by atomic mass is 10.2. The maximum absolute atomic E-state index is 12.7. The molecule has 2 heterocycles. The number of aromatic nitrogens is 4. The van der Waals surface area contributed by atoms with Crippen molar-refractivity contribution in [3.63, 3.8) is 0 Å². The number of hydrogen-bond donors (Lipinski definition) is 1. The van der Waals surface area contributed by atoms with Gasteiger partial charge in [0.25, 0.3) is 5.69 Å². The number of para-hydroxylation sites is 1. The van der Waals surface area contributed by atoms with Crippen LogP contribution in [0.2, 0.25) is 0 Å². The van der Waals surface area contributed by atoms with Gasteiger partial charge >= 0.3 is 0 Å². The zero-order valence-electron chi connectivity index (χ0n) is 18.6. The van der Waals surface area contributed by atoms with Gasteiger partial charge in [-0.05, 0) is 24.3 Å². The first kappa shape index (κ1) is 23.4. The number of nitrogens with one attached hydrogen (secondary N) is 1. The van der Waals surface area contributed by atoms with Crippen molar-refractivity contribution in [1.29, 1.82) is 0 Å². The molecule has 9 nitrogen and oxygen atoms in total. The van der Waals surface area contributed by atoms with Crippen LogP contribution in [0.5, 0.6) is 0 Å². The Morgan fingerprint density at radius 2 is 1.64 bits per heavy atom. The molecule has 0 unspecified atom stereocenters. The third kappa shape index (κ3) is 5.16. The van der Waals surface area contributed by atoms with E-state index in [1.54, 1.807) is 12.1 Å². The fraction of sp³-hybridized carbons (Fsp3) is 0.0400. The number of benzene rings is 3. The number of nitrogens with zero attached hydrogens (tertiary/aromatic N) is 5. The number of nitro benzene ring substituents is 1. The summed E-state index contributed by atoms with van der Waals surface area (Å²) in [6, 6.07) is 25.4. The van der Waals surface area contributed by atoms with E-state index >= 15 is 0 Å². The molecule has 0 saturated carbocycles. The van der Waals surface area contributed by atoms with E-state index in [0.717, 1.165) is 16.9 Å². The summed E-state index contributed by atoms with van der Waals surface area (Å²) in [6.07, 6.45) is 0. The minimum absolute atomic E-state index is 0.00611. The molecule has 1 amide bonds.